The standard InChI is InChI=1S/C13H17N3O.C2HF3O2/c1-15(2)10-6-9-11-8(4-5-16(9)3)7-14-12(11)13(10)17;3-2(4,5)1(6)7/h6-7,9,14H,4-5H2,1-3H3;(H,6,7). The number of hydrogen-bond donors (Lipinski definition) is 2. The van der Waals surface area contributed by atoms with Gasteiger partial charge in [0.1, 0.15) is 0 Å². The van der Waals surface area contributed by atoms with Gasteiger partial charge in [-0.2, -0.15) is 13.2 Å². The van der Waals surface area contributed by atoms with E-state index in [1.165, 1.54) is 11.1 Å². The van der Waals surface area contributed by atoms with Crippen LogP contribution in [0.5, 0.6) is 0 Å². The normalized spacial score (nSPS) is 19.8. The number of Topliss-reactive ketones (excluding diaryl/α,β-unsaturated/α-hetero) is 1. The molecule has 2 aliphatic rings. The average Bonchev–Trinajstić information content (AvgIpc) is 2.89. The predicted octanol–water partition coefficient (Wildman–Crippen LogP) is 1.82. The minimum atomic E-state index is -5.08. The maximum Gasteiger partial charge on any atom is 0.490 e. The van der Waals surface area contributed by atoms with Crippen molar-refractivity contribution in [2.75, 3.05) is 27.7 Å². The molecule has 0 fully saturated rings. The van der Waals surface area contributed by atoms with Gasteiger partial charge in [-0.05, 0) is 25.1 Å². The molecular weight excluding hydrogens is 327 g/mol. The molecule has 0 spiro atoms. The number of hydrogen-bond acceptors (Lipinski definition) is 4. The molecule has 0 radical (unpaired) electrons. The van der Waals surface area contributed by atoms with Gasteiger partial charge in [-0.15, -0.1) is 0 Å². The van der Waals surface area contributed by atoms with Crippen molar-refractivity contribution >= 4 is 11.8 Å². The number of carbonyl (C=O) groups is 2. The topological polar surface area (TPSA) is 76.6 Å². The zero-order valence-electron chi connectivity index (χ0n) is 13.4. The van der Waals surface area contributed by atoms with Crippen LogP contribution < -0.4 is 0 Å². The summed E-state index contributed by atoms with van der Waals surface area (Å²) in [6, 6.07) is 0.245. The van der Waals surface area contributed by atoms with Crippen molar-refractivity contribution in [1.82, 2.24) is 14.8 Å². The summed E-state index contributed by atoms with van der Waals surface area (Å²) in [4.78, 5) is 28.6. The highest BCUT2D eigenvalue weighted by molar-refractivity contribution is 6.09. The predicted molar refractivity (Wildman–Crippen MR) is 79.7 cm³/mol. The Balaban J connectivity index is 0.000000256. The molecular formula is C15H18F3N3O3. The first-order valence-electron chi connectivity index (χ1n) is 7.18. The first kappa shape index (κ1) is 18.1. The van der Waals surface area contributed by atoms with E-state index in [4.69, 9.17) is 9.90 Å². The van der Waals surface area contributed by atoms with Crippen LogP contribution in [0.25, 0.3) is 0 Å². The summed E-state index contributed by atoms with van der Waals surface area (Å²) < 4.78 is 31.7. The van der Waals surface area contributed by atoms with Gasteiger partial charge in [-0.25, -0.2) is 4.79 Å². The number of aliphatic carboxylic acids is 1. The molecule has 1 atom stereocenters. The lowest BCUT2D eigenvalue weighted by atomic mass is 9.88. The Morgan fingerprint density at radius 2 is 2.00 bits per heavy atom. The number of nitrogens with zero attached hydrogens (tertiary/aromatic N) is 2. The SMILES string of the molecule is CN(C)C1=CC2c3c(c[nH]c3C1=O)CCN2C.O=C(O)C(F)(F)F. The van der Waals surface area contributed by atoms with E-state index in [1.54, 1.807) is 0 Å². The highest BCUT2D eigenvalue weighted by Gasteiger charge is 2.38. The zero-order chi connectivity index (χ0) is 18.2. The van der Waals surface area contributed by atoms with Crippen LogP contribution in [-0.4, -0.2) is 65.5 Å². The van der Waals surface area contributed by atoms with Gasteiger partial charge >= 0.3 is 12.1 Å². The second kappa shape index (κ2) is 6.31. The Kier molecular flexibility index (Phi) is 4.75. The number of ketones is 1. The van der Waals surface area contributed by atoms with Gasteiger partial charge in [-0.1, -0.05) is 0 Å². The van der Waals surface area contributed by atoms with E-state index in [0.29, 0.717) is 0 Å². The lowest BCUT2D eigenvalue weighted by molar-refractivity contribution is -0.192. The van der Waals surface area contributed by atoms with Gasteiger partial charge in [0, 0.05) is 32.4 Å². The summed E-state index contributed by atoms with van der Waals surface area (Å²) in [5, 5.41) is 7.12. The number of aromatic nitrogens is 1. The van der Waals surface area contributed by atoms with Crippen LogP contribution in [0.3, 0.4) is 0 Å². The fourth-order valence-electron chi connectivity index (χ4n) is 2.78. The lowest BCUT2D eigenvalue weighted by Crippen LogP contribution is -2.36. The van der Waals surface area contributed by atoms with Crippen molar-refractivity contribution in [3.05, 3.63) is 34.8 Å². The minimum Gasteiger partial charge on any atom is -0.475 e. The van der Waals surface area contributed by atoms with E-state index >= 15 is 0 Å². The first-order valence-corrected chi connectivity index (χ1v) is 7.18. The largest absolute Gasteiger partial charge is 0.490 e. The number of carboxylic acid groups (broad SMARTS) is 1. The number of allylic oxidation sites excluding steroid dienone is 1. The fourth-order valence-corrected chi connectivity index (χ4v) is 2.78. The number of H-pyrrole nitrogens is 1. The maximum absolute atomic E-state index is 12.3. The van der Waals surface area contributed by atoms with Crippen molar-refractivity contribution in [3.8, 4) is 0 Å². The van der Waals surface area contributed by atoms with E-state index in [-0.39, 0.29) is 11.8 Å². The first-order chi connectivity index (χ1) is 11.0. The van der Waals surface area contributed by atoms with Crippen molar-refractivity contribution < 1.29 is 27.9 Å². The molecule has 24 heavy (non-hydrogen) atoms. The second-order valence-corrected chi connectivity index (χ2v) is 5.86. The molecule has 1 aromatic heterocycles. The van der Waals surface area contributed by atoms with Crippen LogP contribution in [-0.2, 0) is 11.2 Å². The molecule has 2 N–H and O–H groups in total. The Labute approximate surface area is 136 Å². The summed E-state index contributed by atoms with van der Waals surface area (Å²) in [5.74, 6) is -2.64. The van der Waals surface area contributed by atoms with Crippen molar-refractivity contribution in [2.45, 2.75) is 18.6 Å². The molecule has 1 aliphatic carbocycles. The molecule has 132 valence electrons. The maximum atomic E-state index is 12.3. The fraction of sp³-hybridized carbons (Fsp3) is 0.467. The molecule has 1 unspecified atom stereocenters. The Bertz CT molecular complexity index is 692. The number of carbonyl (C=O) groups excluding carboxylic acids is 1. The summed E-state index contributed by atoms with van der Waals surface area (Å²) in [6.45, 7) is 1.04. The third-order valence-electron chi connectivity index (χ3n) is 4.01. The van der Waals surface area contributed by atoms with Gasteiger partial charge in [0.05, 0.1) is 17.4 Å². The number of likely N-dealkylation sites (N-methyl/N-ethyl adjacent to an activating group) is 2. The van der Waals surface area contributed by atoms with Gasteiger partial charge in [0.15, 0.2) is 0 Å². The second-order valence-electron chi connectivity index (χ2n) is 5.86. The molecule has 0 saturated heterocycles. The molecule has 1 aromatic rings. The molecule has 1 aliphatic heterocycles. The molecule has 0 amide bonds. The van der Waals surface area contributed by atoms with Crippen LogP contribution in [0.1, 0.15) is 27.7 Å². The molecule has 0 bridgehead atoms. The van der Waals surface area contributed by atoms with Gasteiger partial charge in [0.2, 0.25) is 5.78 Å². The Morgan fingerprint density at radius 3 is 2.50 bits per heavy atom. The summed E-state index contributed by atoms with van der Waals surface area (Å²) in [6.07, 6.45) is 0.0213. The zero-order valence-corrected chi connectivity index (χ0v) is 13.4. The monoisotopic (exact) mass is 345 g/mol. The number of nitrogens with one attached hydrogen (secondary N) is 1. The Morgan fingerprint density at radius 1 is 1.42 bits per heavy atom. The quantitative estimate of drug-likeness (QED) is 0.812. The van der Waals surface area contributed by atoms with Crippen LogP contribution >= 0.6 is 0 Å². The average molecular weight is 345 g/mol. The number of aromatic amines is 1. The lowest BCUT2D eigenvalue weighted by Gasteiger charge is -2.35. The van der Waals surface area contributed by atoms with Gasteiger partial charge in [-0.3, -0.25) is 9.69 Å². The number of carboxylic acids is 1. The number of halogens is 3. The van der Waals surface area contributed by atoms with E-state index in [1.807, 2.05) is 25.2 Å². The van der Waals surface area contributed by atoms with E-state index in [9.17, 15) is 18.0 Å². The summed E-state index contributed by atoms with van der Waals surface area (Å²) in [5.41, 5.74) is 4.05. The highest BCUT2D eigenvalue weighted by Crippen LogP contribution is 2.37. The van der Waals surface area contributed by atoms with E-state index in [0.717, 1.165) is 24.4 Å². The minimum absolute atomic E-state index is 0.114. The van der Waals surface area contributed by atoms with E-state index in [2.05, 4.69) is 23.0 Å². The molecule has 3 rings (SSSR count). The summed E-state index contributed by atoms with van der Waals surface area (Å²) in [7, 11) is 5.95. The van der Waals surface area contributed by atoms with Crippen molar-refractivity contribution in [2.24, 2.45) is 0 Å². The molecule has 6 nitrogen and oxygen atoms in total. The van der Waals surface area contributed by atoms with Crippen LogP contribution in [0.15, 0.2) is 18.0 Å². The van der Waals surface area contributed by atoms with E-state index < -0.39 is 12.1 Å². The number of alkyl halides is 3. The highest BCUT2D eigenvalue weighted by atomic mass is 19.4. The van der Waals surface area contributed by atoms with Crippen LogP contribution in [0, 0.1) is 0 Å². The van der Waals surface area contributed by atoms with Crippen LogP contribution in [0.4, 0.5) is 13.2 Å². The van der Waals surface area contributed by atoms with Crippen molar-refractivity contribution in [1.29, 1.82) is 0 Å². The third kappa shape index (κ3) is 3.30. The molecule has 0 saturated carbocycles. The number of rotatable bonds is 1. The molecule has 2 heterocycles. The molecule has 9 heteroatoms. The van der Waals surface area contributed by atoms with Gasteiger partial charge in [0.25, 0.3) is 0 Å². The third-order valence-corrected chi connectivity index (χ3v) is 4.01. The van der Waals surface area contributed by atoms with Crippen molar-refractivity contribution in [3.63, 3.8) is 0 Å². The van der Waals surface area contributed by atoms with Gasteiger partial charge < -0.3 is 15.0 Å². The van der Waals surface area contributed by atoms with Crippen LogP contribution in [0.2, 0.25) is 0 Å². The molecule has 0 aromatic carbocycles. The Hall–Kier alpha value is -2.29. The smallest absolute Gasteiger partial charge is 0.475 e. The summed E-state index contributed by atoms with van der Waals surface area (Å²) >= 11 is 0.